The van der Waals surface area contributed by atoms with Crippen LogP contribution in [-0.4, -0.2) is 28.0 Å². The Balaban J connectivity index is 1.55. The lowest BCUT2D eigenvalue weighted by atomic mass is 10.1. The van der Waals surface area contributed by atoms with E-state index >= 15 is 0 Å². The maximum atomic E-state index is 13.5. The predicted molar refractivity (Wildman–Crippen MR) is 115 cm³/mol. The fourth-order valence-electron chi connectivity index (χ4n) is 4.64. The molecule has 3 aromatic rings. The second-order valence-electron chi connectivity index (χ2n) is 8.10. The van der Waals surface area contributed by atoms with Crippen molar-refractivity contribution in [1.29, 1.82) is 0 Å². The molecular weight excluding hydrogens is 360 g/mol. The third-order valence-corrected chi connectivity index (χ3v) is 5.91. The van der Waals surface area contributed by atoms with Crippen LogP contribution < -0.4 is 9.80 Å². The molecule has 2 unspecified atom stereocenters. The Hall–Kier alpha value is -3.21. The van der Waals surface area contributed by atoms with Gasteiger partial charge in [-0.2, -0.15) is 0 Å². The standard InChI is InChI=1S/C24H24N4O/c1-15-12-20(23(29)27-16(2)13-18-8-4-6-10-21(18)27)26-24(25-15)28-17(3)14-19-9-5-7-11-22(19)28/h4-12,16-17H,13-14H2,1-3H3. The van der Waals surface area contributed by atoms with Gasteiger partial charge in [0.2, 0.25) is 5.95 Å². The van der Waals surface area contributed by atoms with Gasteiger partial charge >= 0.3 is 0 Å². The van der Waals surface area contributed by atoms with E-state index < -0.39 is 0 Å². The van der Waals surface area contributed by atoms with Gasteiger partial charge in [-0.3, -0.25) is 4.79 Å². The van der Waals surface area contributed by atoms with Crippen molar-refractivity contribution in [3.05, 3.63) is 77.1 Å². The largest absolute Gasteiger partial charge is 0.307 e. The van der Waals surface area contributed by atoms with Crippen molar-refractivity contribution in [3.8, 4) is 0 Å². The van der Waals surface area contributed by atoms with Crippen LogP contribution in [0.1, 0.15) is 41.2 Å². The van der Waals surface area contributed by atoms with Crippen LogP contribution in [0.5, 0.6) is 0 Å². The molecule has 2 aliphatic heterocycles. The number of hydrogen-bond acceptors (Lipinski definition) is 4. The molecule has 29 heavy (non-hydrogen) atoms. The highest BCUT2D eigenvalue weighted by Gasteiger charge is 2.34. The number of fused-ring (bicyclic) bond motifs is 2. The van der Waals surface area contributed by atoms with Gasteiger partial charge < -0.3 is 9.80 Å². The van der Waals surface area contributed by atoms with Crippen LogP contribution in [0.3, 0.4) is 0 Å². The van der Waals surface area contributed by atoms with Crippen LogP contribution in [0.4, 0.5) is 17.3 Å². The number of nitrogens with zero attached hydrogens (tertiary/aromatic N) is 4. The molecule has 5 rings (SSSR count). The van der Waals surface area contributed by atoms with Crippen molar-refractivity contribution in [2.45, 2.75) is 45.7 Å². The van der Waals surface area contributed by atoms with Crippen molar-refractivity contribution in [2.75, 3.05) is 9.80 Å². The highest BCUT2D eigenvalue weighted by atomic mass is 16.2. The topological polar surface area (TPSA) is 49.3 Å². The second-order valence-corrected chi connectivity index (χ2v) is 8.10. The molecular formula is C24H24N4O. The number of benzene rings is 2. The van der Waals surface area contributed by atoms with E-state index in [1.165, 1.54) is 11.1 Å². The third-order valence-electron chi connectivity index (χ3n) is 5.91. The Kier molecular flexibility index (Phi) is 4.12. The summed E-state index contributed by atoms with van der Waals surface area (Å²) in [5.74, 6) is 0.542. The minimum Gasteiger partial charge on any atom is -0.307 e. The molecule has 2 aliphatic rings. The number of para-hydroxylation sites is 2. The highest BCUT2D eigenvalue weighted by Crippen LogP contribution is 2.37. The van der Waals surface area contributed by atoms with E-state index in [1.807, 2.05) is 36.1 Å². The Bertz CT molecular complexity index is 1110. The first-order valence-corrected chi connectivity index (χ1v) is 10.2. The van der Waals surface area contributed by atoms with Gasteiger partial charge in [0, 0.05) is 29.2 Å². The minimum atomic E-state index is -0.0608. The van der Waals surface area contributed by atoms with E-state index in [2.05, 4.69) is 48.0 Å². The van der Waals surface area contributed by atoms with E-state index in [9.17, 15) is 4.79 Å². The number of aryl methyl sites for hydroxylation is 1. The van der Waals surface area contributed by atoms with Crippen LogP contribution >= 0.6 is 0 Å². The molecule has 0 aliphatic carbocycles. The van der Waals surface area contributed by atoms with E-state index in [0.717, 1.165) is 29.9 Å². The SMILES string of the molecule is Cc1cc(C(=O)N2c3ccccc3CC2C)nc(N2c3ccccc3CC2C)n1. The summed E-state index contributed by atoms with van der Waals surface area (Å²) in [6.45, 7) is 6.19. The maximum absolute atomic E-state index is 13.5. The Morgan fingerprint density at radius 1 is 0.897 bits per heavy atom. The first-order chi connectivity index (χ1) is 14.0. The fraction of sp³-hybridized carbons (Fsp3) is 0.292. The smallest absolute Gasteiger partial charge is 0.277 e. The quantitative estimate of drug-likeness (QED) is 0.655. The van der Waals surface area contributed by atoms with Crippen molar-refractivity contribution in [1.82, 2.24) is 9.97 Å². The Morgan fingerprint density at radius 2 is 1.52 bits per heavy atom. The van der Waals surface area contributed by atoms with Crippen molar-refractivity contribution >= 4 is 23.2 Å². The number of rotatable bonds is 2. The van der Waals surface area contributed by atoms with Gasteiger partial charge in [-0.25, -0.2) is 9.97 Å². The number of anilines is 3. The molecule has 2 aromatic carbocycles. The van der Waals surface area contributed by atoms with Gasteiger partial charge in [0.15, 0.2) is 0 Å². The summed E-state index contributed by atoms with van der Waals surface area (Å²) in [4.78, 5) is 26.9. The molecule has 0 bridgehead atoms. The highest BCUT2D eigenvalue weighted by molar-refractivity contribution is 6.06. The molecule has 3 heterocycles. The molecule has 0 saturated heterocycles. The first kappa shape index (κ1) is 17.9. The predicted octanol–water partition coefficient (Wildman–Crippen LogP) is 4.46. The molecule has 0 fully saturated rings. The maximum Gasteiger partial charge on any atom is 0.277 e. The van der Waals surface area contributed by atoms with E-state index in [1.54, 1.807) is 6.07 Å². The zero-order chi connectivity index (χ0) is 20.1. The van der Waals surface area contributed by atoms with Gasteiger partial charge in [-0.15, -0.1) is 0 Å². The summed E-state index contributed by atoms with van der Waals surface area (Å²) >= 11 is 0. The normalized spacial score (nSPS) is 20.0. The van der Waals surface area contributed by atoms with E-state index in [-0.39, 0.29) is 18.0 Å². The average Bonchev–Trinajstić information content (AvgIpc) is 3.22. The molecule has 5 nitrogen and oxygen atoms in total. The number of amides is 1. The second kappa shape index (κ2) is 6.69. The molecule has 0 radical (unpaired) electrons. The number of carbonyl (C=O) groups excluding carboxylic acids is 1. The molecule has 1 amide bonds. The van der Waals surface area contributed by atoms with Gasteiger partial charge in [0.1, 0.15) is 5.69 Å². The molecule has 1 aromatic heterocycles. The summed E-state index contributed by atoms with van der Waals surface area (Å²) in [7, 11) is 0. The summed E-state index contributed by atoms with van der Waals surface area (Å²) in [5, 5.41) is 0. The average molecular weight is 384 g/mol. The van der Waals surface area contributed by atoms with Gasteiger partial charge in [0.05, 0.1) is 0 Å². The van der Waals surface area contributed by atoms with E-state index in [4.69, 9.17) is 4.98 Å². The Labute approximate surface area is 171 Å². The fourth-order valence-corrected chi connectivity index (χ4v) is 4.64. The van der Waals surface area contributed by atoms with Gasteiger partial charge in [-0.1, -0.05) is 36.4 Å². The third kappa shape index (κ3) is 2.89. The minimum absolute atomic E-state index is 0.0608. The van der Waals surface area contributed by atoms with Crippen LogP contribution in [0, 0.1) is 6.92 Å². The number of aromatic nitrogens is 2. The van der Waals surface area contributed by atoms with Crippen LogP contribution in [0.15, 0.2) is 54.6 Å². The summed E-state index contributed by atoms with van der Waals surface area (Å²) in [6, 6.07) is 18.6. The summed E-state index contributed by atoms with van der Waals surface area (Å²) < 4.78 is 0. The van der Waals surface area contributed by atoms with Gasteiger partial charge in [-0.05, 0) is 62.9 Å². The Morgan fingerprint density at radius 3 is 2.28 bits per heavy atom. The van der Waals surface area contributed by atoms with Crippen molar-refractivity contribution < 1.29 is 4.79 Å². The lowest BCUT2D eigenvalue weighted by Crippen LogP contribution is -2.37. The lowest BCUT2D eigenvalue weighted by Gasteiger charge is -2.25. The van der Waals surface area contributed by atoms with Crippen LogP contribution in [-0.2, 0) is 12.8 Å². The van der Waals surface area contributed by atoms with Crippen LogP contribution in [0.2, 0.25) is 0 Å². The molecule has 2 atom stereocenters. The molecule has 5 heteroatoms. The lowest BCUT2D eigenvalue weighted by molar-refractivity contribution is 0.0976. The zero-order valence-electron chi connectivity index (χ0n) is 17.0. The first-order valence-electron chi connectivity index (χ1n) is 10.2. The van der Waals surface area contributed by atoms with E-state index in [0.29, 0.717) is 11.6 Å². The van der Waals surface area contributed by atoms with Gasteiger partial charge in [0.25, 0.3) is 5.91 Å². The van der Waals surface area contributed by atoms with Crippen molar-refractivity contribution in [3.63, 3.8) is 0 Å². The van der Waals surface area contributed by atoms with Crippen LogP contribution in [0.25, 0.3) is 0 Å². The van der Waals surface area contributed by atoms with Crippen molar-refractivity contribution in [2.24, 2.45) is 0 Å². The number of hydrogen-bond donors (Lipinski definition) is 0. The summed E-state index contributed by atoms with van der Waals surface area (Å²) in [6.07, 6.45) is 1.82. The monoisotopic (exact) mass is 384 g/mol. The molecule has 0 spiro atoms. The molecule has 0 N–H and O–H groups in total. The molecule has 0 saturated carbocycles. The summed E-state index contributed by atoms with van der Waals surface area (Å²) in [5.41, 5.74) is 5.87. The zero-order valence-corrected chi connectivity index (χ0v) is 17.0. The molecule has 146 valence electrons. The number of carbonyl (C=O) groups is 1.